The lowest BCUT2D eigenvalue weighted by atomic mass is 10.0. The average Bonchev–Trinajstić information content (AvgIpc) is 2.68. The molecule has 1 aliphatic rings. The Labute approximate surface area is 102 Å². The molecule has 2 rings (SSSR count). The van der Waals surface area contributed by atoms with E-state index in [0.717, 1.165) is 18.6 Å². The van der Waals surface area contributed by atoms with Crippen LogP contribution >= 0.6 is 0 Å². The van der Waals surface area contributed by atoms with Gasteiger partial charge in [0.2, 0.25) is 0 Å². The largest absolute Gasteiger partial charge is 0.490 e. The number of fused-ring (bicyclic) bond motifs is 1. The highest BCUT2D eigenvalue weighted by atomic mass is 16.5. The molecule has 1 aromatic rings. The van der Waals surface area contributed by atoms with Gasteiger partial charge in [0.05, 0.1) is 6.61 Å². The van der Waals surface area contributed by atoms with Crippen LogP contribution in [0, 0.1) is 6.92 Å². The third kappa shape index (κ3) is 2.99. The number of carbonyl (C=O) groups is 1. The second-order valence-corrected chi connectivity index (χ2v) is 4.40. The fraction of sp³-hybridized carbons (Fsp3) is 0.500. The van der Waals surface area contributed by atoms with Gasteiger partial charge in [-0.3, -0.25) is 4.79 Å². The van der Waals surface area contributed by atoms with Crippen LogP contribution in [0.25, 0.3) is 0 Å². The molecule has 0 amide bonds. The maximum Gasteiger partial charge on any atom is 0.305 e. The fourth-order valence-corrected chi connectivity index (χ4v) is 2.12. The first-order valence-electron chi connectivity index (χ1n) is 6.11. The van der Waals surface area contributed by atoms with Crippen molar-refractivity contribution < 1.29 is 14.3 Å². The Morgan fingerprint density at radius 3 is 3.12 bits per heavy atom. The van der Waals surface area contributed by atoms with E-state index in [1.807, 2.05) is 19.1 Å². The summed E-state index contributed by atoms with van der Waals surface area (Å²) in [4.78, 5) is 11.2. The Bertz CT molecular complexity index is 412. The third-order valence-corrected chi connectivity index (χ3v) is 2.93. The molecule has 17 heavy (non-hydrogen) atoms. The molecular weight excluding hydrogens is 216 g/mol. The summed E-state index contributed by atoms with van der Waals surface area (Å²) >= 11 is 0. The van der Waals surface area contributed by atoms with Gasteiger partial charge >= 0.3 is 5.97 Å². The Hall–Kier alpha value is -1.51. The van der Waals surface area contributed by atoms with Crippen molar-refractivity contribution in [1.29, 1.82) is 0 Å². The number of hydrogen-bond donors (Lipinski definition) is 0. The summed E-state index contributed by atoms with van der Waals surface area (Å²) in [6, 6.07) is 6.21. The van der Waals surface area contributed by atoms with E-state index in [4.69, 9.17) is 9.47 Å². The van der Waals surface area contributed by atoms with Crippen LogP contribution in [0.2, 0.25) is 0 Å². The zero-order valence-corrected chi connectivity index (χ0v) is 10.4. The van der Waals surface area contributed by atoms with Gasteiger partial charge in [-0.1, -0.05) is 17.7 Å². The molecule has 0 spiro atoms. The van der Waals surface area contributed by atoms with Crippen molar-refractivity contribution in [2.75, 3.05) is 6.61 Å². The normalized spacial score (nSPS) is 17.4. The number of carbonyl (C=O) groups excluding carboxylic acids is 1. The van der Waals surface area contributed by atoms with Gasteiger partial charge in [0, 0.05) is 12.8 Å². The Kier molecular flexibility index (Phi) is 3.67. The van der Waals surface area contributed by atoms with Crippen molar-refractivity contribution in [2.24, 2.45) is 0 Å². The van der Waals surface area contributed by atoms with Crippen molar-refractivity contribution in [1.82, 2.24) is 0 Å². The number of hydrogen-bond acceptors (Lipinski definition) is 3. The molecule has 0 radical (unpaired) electrons. The van der Waals surface area contributed by atoms with Gasteiger partial charge in [-0.05, 0) is 31.9 Å². The van der Waals surface area contributed by atoms with E-state index in [2.05, 4.69) is 13.0 Å². The molecule has 0 saturated heterocycles. The molecule has 0 aromatic heterocycles. The minimum Gasteiger partial charge on any atom is -0.490 e. The summed E-state index contributed by atoms with van der Waals surface area (Å²) < 4.78 is 10.7. The van der Waals surface area contributed by atoms with Crippen LogP contribution in [0.3, 0.4) is 0 Å². The van der Waals surface area contributed by atoms with E-state index < -0.39 is 0 Å². The number of aryl methyl sites for hydroxylation is 1. The lowest BCUT2D eigenvalue weighted by Crippen LogP contribution is -2.15. The number of esters is 1. The number of rotatable bonds is 4. The van der Waals surface area contributed by atoms with Gasteiger partial charge in [-0.25, -0.2) is 0 Å². The van der Waals surface area contributed by atoms with Crippen LogP contribution in [-0.2, 0) is 16.0 Å². The lowest BCUT2D eigenvalue weighted by Gasteiger charge is -2.09. The van der Waals surface area contributed by atoms with E-state index in [9.17, 15) is 4.79 Å². The zero-order valence-electron chi connectivity index (χ0n) is 10.4. The SMILES string of the molecule is CCOC(=O)CCC1Cc2cc(C)ccc2O1. The molecule has 92 valence electrons. The Morgan fingerprint density at radius 2 is 2.35 bits per heavy atom. The molecule has 0 bridgehead atoms. The van der Waals surface area contributed by atoms with Gasteiger partial charge in [-0.2, -0.15) is 0 Å². The maximum atomic E-state index is 11.2. The van der Waals surface area contributed by atoms with Crippen molar-refractivity contribution in [3.05, 3.63) is 29.3 Å². The summed E-state index contributed by atoms with van der Waals surface area (Å²) in [6.07, 6.45) is 2.19. The van der Waals surface area contributed by atoms with Crippen LogP contribution < -0.4 is 4.74 Å². The smallest absolute Gasteiger partial charge is 0.305 e. The molecule has 0 aliphatic carbocycles. The molecule has 1 heterocycles. The summed E-state index contributed by atoms with van der Waals surface area (Å²) in [5.41, 5.74) is 2.50. The molecule has 0 N–H and O–H groups in total. The highest BCUT2D eigenvalue weighted by Gasteiger charge is 2.23. The van der Waals surface area contributed by atoms with Crippen LogP contribution in [0.4, 0.5) is 0 Å². The first-order valence-corrected chi connectivity index (χ1v) is 6.11. The summed E-state index contributed by atoms with van der Waals surface area (Å²) in [5.74, 6) is 0.827. The van der Waals surface area contributed by atoms with Crippen LogP contribution in [0.1, 0.15) is 30.9 Å². The van der Waals surface area contributed by atoms with Gasteiger partial charge < -0.3 is 9.47 Å². The monoisotopic (exact) mass is 234 g/mol. The predicted octanol–water partition coefficient (Wildman–Crippen LogP) is 2.64. The van der Waals surface area contributed by atoms with Crippen LogP contribution in [0.15, 0.2) is 18.2 Å². The van der Waals surface area contributed by atoms with Crippen molar-refractivity contribution in [3.63, 3.8) is 0 Å². The maximum absolute atomic E-state index is 11.2. The number of benzene rings is 1. The standard InChI is InChI=1S/C14H18O3/c1-3-16-14(15)7-5-12-9-11-8-10(2)4-6-13(11)17-12/h4,6,8,12H,3,5,7,9H2,1-2H3. The van der Waals surface area contributed by atoms with Gasteiger partial charge in [0.1, 0.15) is 11.9 Å². The quantitative estimate of drug-likeness (QED) is 0.751. The minimum atomic E-state index is -0.136. The molecule has 1 unspecified atom stereocenters. The van der Waals surface area contributed by atoms with Gasteiger partial charge in [0.25, 0.3) is 0 Å². The van der Waals surface area contributed by atoms with E-state index in [1.54, 1.807) is 0 Å². The minimum absolute atomic E-state index is 0.121. The van der Waals surface area contributed by atoms with Crippen molar-refractivity contribution in [2.45, 2.75) is 39.2 Å². The molecule has 3 heteroatoms. The molecule has 1 aromatic carbocycles. The van der Waals surface area contributed by atoms with Crippen molar-refractivity contribution >= 4 is 5.97 Å². The zero-order chi connectivity index (χ0) is 12.3. The molecule has 0 fully saturated rings. The first kappa shape index (κ1) is 12.0. The summed E-state index contributed by atoms with van der Waals surface area (Å²) in [5, 5.41) is 0. The van der Waals surface area contributed by atoms with Crippen LogP contribution in [-0.4, -0.2) is 18.7 Å². The predicted molar refractivity (Wildman–Crippen MR) is 65.2 cm³/mol. The molecule has 1 atom stereocenters. The van der Waals surface area contributed by atoms with E-state index in [1.165, 1.54) is 11.1 Å². The van der Waals surface area contributed by atoms with E-state index in [-0.39, 0.29) is 12.1 Å². The average molecular weight is 234 g/mol. The molecule has 3 nitrogen and oxygen atoms in total. The Morgan fingerprint density at radius 1 is 1.53 bits per heavy atom. The van der Waals surface area contributed by atoms with E-state index in [0.29, 0.717) is 13.0 Å². The number of ether oxygens (including phenoxy) is 2. The third-order valence-electron chi connectivity index (χ3n) is 2.93. The molecule has 0 saturated carbocycles. The first-order chi connectivity index (χ1) is 8.19. The molecule has 1 aliphatic heterocycles. The summed E-state index contributed by atoms with van der Waals surface area (Å²) in [7, 11) is 0. The topological polar surface area (TPSA) is 35.5 Å². The highest BCUT2D eigenvalue weighted by molar-refractivity contribution is 5.69. The fourth-order valence-electron chi connectivity index (χ4n) is 2.12. The van der Waals surface area contributed by atoms with Gasteiger partial charge in [-0.15, -0.1) is 0 Å². The van der Waals surface area contributed by atoms with Crippen LogP contribution in [0.5, 0.6) is 5.75 Å². The molecular formula is C14H18O3. The van der Waals surface area contributed by atoms with E-state index >= 15 is 0 Å². The highest BCUT2D eigenvalue weighted by Crippen LogP contribution is 2.31. The lowest BCUT2D eigenvalue weighted by molar-refractivity contribution is -0.143. The summed E-state index contributed by atoms with van der Waals surface area (Å²) in [6.45, 7) is 4.35. The van der Waals surface area contributed by atoms with Gasteiger partial charge in [0.15, 0.2) is 0 Å². The second-order valence-electron chi connectivity index (χ2n) is 4.40. The van der Waals surface area contributed by atoms with Crippen molar-refractivity contribution in [3.8, 4) is 5.75 Å². The Balaban J connectivity index is 1.86. The second kappa shape index (κ2) is 5.21.